The van der Waals surface area contributed by atoms with Crippen LogP contribution in [0.1, 0.15) is 41.6 Å². The third-order valence-electron chi connectivity index (χ3n) is 5.39. The highest BCUT2D eigenvalue weighted by atomic mass is 35.5. The van der Waals surface area contributed by atoms with Crippen molar-refractivity contribution >= 4 is 46.4 Å². The third kappa shape index (κ3) is 3.69. The summed E-state index contributed by atoms with van der Waals surface area (Å²) < 4.78 is 0. The van der Waals surface area contributed by atoms with Crippen LogP contribution in [-0.4, -0.2) is 18.4 Å². The van der Waals surface area contributed by atoms with Crippen molar-refractivity contribution in [1.29, 1.82) is 0 Å². The van der Waals surface area contributed by atoms with Crippen molar-refractivity contribution in [3.63, 3.8) is 0 Å². The molecule has 0 radical (unpaired) electrons. The molecule has 2 amide bonds. The summed E-state index contributed by atoms with van der Waals surface area (Å²) >= 11 is 11.9. The molecule has 0 aromatic heterocycles. The molecule has 0 atom stereocenters. The van der Waals surface area contributed by atoms with E-state index >= 15 is 0 Å². The Bertz CT molecular complexity index is 907. The van der Waals surface area contributed by atoms with Crippen LogP contribution in [0.4, 0.5) is 11.4 Å². The van der Waals surface area contributed by atoms with Gasteiger partial charge in [0.25, 0.3) is 5.91 Å². The fourth-order valence-corrected chi connectivity index (χ4v) is 4.24. The lowest BCUT2D eigenvalue weighted by molar-refractivity contribution is -0.122. The fourth-order valence-electron chi connectivity index (χ4n) is 3.94. The second-order valence-corrected chi connectivity index (χ2v) is 7.96. The van der Waals surface area contributed by atoms with Crippen molar-refractivity contribution in [2.45, 2.75) is 32.1 Å². The standard InChI is InChI=1S/C21H20Cl2N2O2/c22-17-7-5-15(12-18(17)23)20(26)24-16-6-8-19-14(11-16)9-10-25(19)21(27)13-3-1-2-4-13/h5-8,11-13H,1-4,9-10H2,(H,24,26). The van der Waals surface area contributed by atoms with Crippen molar-refractivity contribution in [2.24, 2.45) is 5.92 Å². The largest absolute Gasteiger partial charge is 0.322 e. The number of anilines is 2. The first kappa shape index (κ1) is 18.3. The van der Waals surface area contributed by atoms with E-state index in [-0.39, 0.29) is 17.7 Å². The molecule has 2 aliphatic rings. The smallest absolute Gasteiger partial charge is 0.255 e. The first-order chi connectivity index (χ1) is 13.0. The number of benzene rings is 2. The van der Waals surface area contributed by atoms with Crippen LogP contribution in [0.3, 0.4) is 0 Å². The summed E-state index contributed by atoms with van der Waals surface area (Å²) in [5, 5.41) is 3.65. The molecule has 1 aliphatic carbocycles. The van der Waals surface area contributed by atoms with E-state index in [1.54, 1.807) is 18.2 Å². The van der Waals surface area contributed by atoms with Gasteiger partial charge < -0.3 is 10.2 Å². The molecule has 2 aromatic rings. The molecule has 4 nitrogen and oxygen atoms in total. The van der Waals surface area contributed by atoms with Gasteiger partial charge in [0.1, 0.15) is 0 Å². The summed E-state index contributed by atoms with van der Waals surface area (Å²) in [6.07, 6.45) is 5.11. The summed E-state index contributed by atoms with van der Waals surface area (Å²) in [6.45, 7) is 0.717. The Kier molecular flexibility index (Phi) is 5.11. The Balaban J connectivity index is 1.49. The van der Waals surface area contributed by atoms with Gasteiger partial charge in [0, 0.05) is 29.4 Å². The second kappa shape index (κ2) is 7.53. The van der Waals surface area contributed by atoms with Crippen LogP contribution in [0.2, 0.25) is 10.0 Å². The number of fused-ring (bicyclic) bond motifs is 1. The number of rotatable bonds is 3. The Hall–Kier alpha value is -2.04. The van der Waals surface area contributed by atoms with Gasteiger partial charge in [-0.15, -0.1) is 0 Å². The molecule has 140 valence electrons. The topological polar surface area (TPSA) is 49.4 Å². The minimum absolute atomic E-state index is 0.171. The lowest BCUT2D eigenvalue weighted by atomic mass is 10.1. The number of carbonyl (C=O) groups excluding carboxylic acids is 2. The third-order valence-corrected chi connectivity index (χ3v) is 6.12. The van der Waals surface area contributed by atoms with E-state index in [4.69, 9.17) is 23.2 Å². The van der Waals surface area contributed by atoms with Gasteiger partial charge >= 0.3 is 0 Å². The van der Waals surface area contributed by atoms with Gasteiger partial charge in [0.05, 0.1) is 10.0 Å². The number of halogens is 2. The minimum Gasteiger partial charge on any atom is -0.322 e. The number of amides is 2. The monoisotopic (exact) mass is 402 g/mol. The molecule has 1 N–H and O–H groups in total. The number of nitrogens with zero attached hydrogens (tertiary/aromatic N) is 1. The van der Waals surface area contributed by atoms with Gasteiger partial charge in [0.15, 0.2) is 0 Å². The maximum Gasteiger partial charge on any atom is 0.255 e. The molecule has 27 heavy (non-hydrogen) atoms. The average molecular weight is 403 g/mol. The van der Waals surface area contributed by atoms with Gasteiger partial charge in [-0.3, -0.25) is 9.59 Å². The molecule has 0 saturated heterocycles. The van der Waals surface area contributed by atoms with E-state index < -0.39 is 0 Å². The zero-order chi connectivity index (χ0) is 19.0. The Morgan fingerprint density at radius 3 is 2.52 bits per heavy atom. The maximum absolute atomic E-state index is 12.8. The van der Waals surface area contributed by atoms with Gasteiger partial charge in [-0.2, -0.15) is 0 Å². The van der Waals surface area contributed by atoms with E-state index in [1.807, 2.05) is 23.1 Å². The molecule has 1 heterocycles. The van der Waals surface area contributed by atoms with E-state index in [0.29, 0.717) is 21.3 Å². The second-order valence-electron chi connectivity index (χ2n) is 7.15. The average Bonchev–Trinajstić information content (AvgIpc) is 3.33. The summed E-state index contributed by atoms with van der Waals surface area (Å²) in [4.78, 5) is 27.1. The number of nitrogens with one attached hydrogen (secondary N) is 1. The summed E-state index contributed by atoms with van der Waals surface area (Å²) in [5.41, 5.74) is 3.22. The summed E-state index contributed by atoms with van der Waals surface area (Å²) in [7, 11) is 0. The predicted octanol–water partition coefficient (Wildman–Crippen LogP) is 5.33. The van der Waals surface area contributed by atoms with Crippen LogP contribution in [0.5, 0.6) is 0 Å². The molecular weight excluding hydrogens is 383 g/mol. The van der Waals surface area contributed by atoms with Crippen LogP contribution < -0.4 is 10.2 Å². The van der Waals surface area contributed by atoms with Crippen molar-refractivity contribution in [3.8, 4) is 0 Å². The van der Waals surface area contributed by atoms with Crippen molar-refractivity contribution in [2.75, 3.05) is 16.8 Å². The van der Waals surface area contributed by atoms with E-state index in [1.165, 1.54) is 0 Å². The highest BCUT2D eigenvalue weighted by Gasteiger charge is 2.31. The van der Waals surface area contributed by atoms with Crippen molar-refractivity contribution < 1.29 is 9.59 Å². The zero-order valence-corrected chi connectivity index (χ0v) is 16.3. The highest BCUT2D eigenvalue weighted by Crippen LogP contribution is 2.35. The maximum atomic E-state index is 12.8. The van der Waals surface area contributed by atoms with Gasteiger partial charge in [-0.1, -0.05) is 36.0 Å². The van der Waals surface area contributed by atoms with Crippen LogP contribution >= 0.6 is 23.2 Å². The predicted molar refractivity (Wildman–Crippen MR) is 109 cm³/mol. The summed E-state index contributed by atoms with van der Waals surface area (Å²) in [5.74, 6) is 0.175. The Morgan fingerprint density at radius 1 is 1.00 bits per heavy atom. The van der Waals surface area contributed by atoms with Gasteiger partial charge in [-0.25, -0.2) is 0 Å². The van der Waals surface area contributed by atoms with Gasteiger partial charge in [-0.05, 0) is 61.2 Å². The Morgan fingerprint density at radius 2 is 1.78 bits per heavy atom. The first-order valence-corrected chi connectivity index (χ1v) is 9.99. The molecular formula is C21H20Cl2N2O2. The molecule has 4 rings (SSSR count). The summed E-state index contributed by atoms with van der Waals surface area (Å²) in [6, 6.07) is 10.5. The van der Waals surface area contributed by atoms with Crippen LogP contribution in [-0.2, 0) is 11.2 Å². The van der Waals surface area contributed by atoms with E-state index in [0.717, 1.165) is 49.9 Å². The molecule has 2 aromatic carbocycles. The molecule has 1 fully saturated rings. The first-order valence-electron chi connectivity index (χ1n) is 9.23. The van der Waals surface area contributed by atoms with E-state index in [9.17, 15) is 9.59 Å². The van der Waals surface area contributed by atoms with Crippen LogP contribution in [0.15, 0.2) is 36.4 Å². The number of hydrogen-bond acceptors (Lipinski definition) is 2. The lowest BCUT2D eigenvalue weighted by Crippen LogP contribution is -2.33. The van der Waals surface area contributed by atoms with Crippen molar-refractivity contribution in [1.82, 2.24) is 0 Å². The van der Waals surface area contributed by atoms with E-state index in [2.05, 4.69) is 5.32 Å². The molecule has 0 spiro atoms. The molecule has 1 saturated carbocycles. The minimum atomic E-state index is -0.245. The molecule has 1 aliphatic heterocycles. The SMILES string of the molecule is O=C(Nc1ccc2c(c1)CCN2C(=O)C1CCCC1)c1ccc(Cl)c(Cl)c1. The molecule has 0 bridgehead atoms. The lowest BCUT2D eigenvalue weighted by Gasteiger charge is -2.21. The van der Waals surface area contributed by atoms with Crippen molar-refractivity contribution in [3.05, 3.63) is 57.6 Å². The van der Waals surface area contributed by atoms with Crippen LogP contribution in [0, 0.1) is 5.92 Å². The Labute approximate surface area is 168 Å². The number of hydrogen-bond donors (Lipinski definition) is 1. The zero-order valence-electron chi connectivity index (χ0n) is 14.8. The molecule has 0 unspecified atom stereocenters. The molecule has 6 heteroatoms. The highest BCUT2D eigenvalue weighted by molar-refractivity contribution is 6.42. The van der Waals surface area contributed by atoms with Gasteiger partial charge in [0.2, 0.25) is 5.91 Å². The number of carbonyl (C=O) groups is 2. The quantitative estimate of drug-likeness (QED) is 0.754. The fraction of sp³-hybridized carbons (Fsp3) is 0.333. The van der Waals surface area contributed by atoms with Crippen LogP contribution in [0.25, 0.3) is 0 Å². The normalized spacial score (nSPS) is 16.4.